The first-order chi connectivity index (χ1) is 11.1. The molecule has 0 spiro atoms. The van der Waals surface area contributed by atoms with Crippen molar-refractivity contribution >= 4 is 27.9 Å². The van der Waals surface area contributed by atoms with Gasteiger partial charge in [-0.15, -0.1) is 0 Å². The number of hydrogen-bond acceptors (Lipinski definition) is 2. The molecule has 0 N–H and O–H groups in total. The number of piperazine rings is 1. The van der Waals surface area contributed by atoms with E-state index >= 15 is 0 Å². The molecular weight excluding hydrogens is 359 g/mol. The van der Waals surface area contributed by atoms with E-state index in [4.69, 9.17) is 0 Å². The molecule has 0 atom stereocenters. The van der Waals surface area contributed by atoms with E-state index in [-0.39, 0.29) is 11.7 Å². The second-order valence-electron chi connectivity index (χ2n) is 6.30. The molecule has 23 heavy (non-hydrogen) atoms. The van der Waals surface area contributed by atoms with Crippen LogP contribution in [0.4, 0.5) is 4.39 Å². The third-order valence-electron chi connectivity index (χ3n) is 4.83. The van der Waals surface area contributed by atoms with Crippen LogP contribution in [-0.4, -0.2) is 47.9 Å². The van der Waals surface area contributed by atoms with Crippen LogP contribution in [0.25, 0.3) is 6.08 Å². The lowest BCUT2D eigenvalue weighted by Gasteiger charge is -2.37. The van der Waals surface area contributed by atoms with Crippen LogP contribution in [-0.2, 0) is 4.79 Å². The molecule has 1 aromatic rings. The average Bonchev–Trinajstić information content (AvgIpc) is 3.10. The van der Waals surface area contributed by atoms with E-state index < -0.39 is 0 Å². The highest BCUT2D eigenvalue weighted by molar-refractivity contribution is 9.10. The summed E-state index contributed by atoms with van der Waals surface area (Å²) in [5, 5.41) is 0. The number of hydrogen-bond donors (Lipinski definition) is 0. The highest BCUT2D eigenvalue weighted by Gasteiger charge is 2.27. The summed E-state index contributed by atoms with van der Waals surface area (Å²) in [5.41, 5.74) is 0.428. The number of halogens is 2. The third kappa shape index (κ3) is 4.21. The molecule has 124 valence electrons. The molecule has 3 rings (SSSR count). The topological polar surface area (TPSA) is 23.6 Å². The fraction of sp³-hybridized carbons (Fsp3) is 0.500. The predicted octanol–water partition coefficient (Wildman–Crippen LogP) is 3.69. The summed E-state index contributed by atoms with van der Waals surface area (Å²) in [4.78, 5) is 16.7. The first-order valence-corrected chi connectivity index (χ1v) is 9.09. The Balaban J connectivity index is 1.55. The zero-order valence-electron chi connectivity index (χ0n) is 13.2. The molecule has 0 bridgehead atoms. The number of amides is 1. The molecule has 1 heterocycles. The Kier molecular flexibility index (Phi) is 5.49. The molecule has 1 amide bonds. The van der Waals surface area contributed by atoms with Crippen molar-refractivity contribution in [2.45, 2.75) is 31.7 Å². The molecule has 5 heteroatoms. The average molecular weight is 381 g/mol. The van der Waals surface area contributed by atoms with Crippen LogP contribution >= 0.6 is 15.9 Å². The van der Waals surface area contributed by atoms with Gasteiger partial charge < -0.3 is 4.90 Å². The van der Waals surface area contributed by atoms with Gasteiger partial charge in [0.1, 0.15) is 5.82 Å². The summed E-state index contributed by atoms with van der Waals surface area (Å²) < 4.78 is 14.5. The highest BCUT2D eigenvalue weighted by Crippen LogP contribution is 2.24. The van der Waals surface area contributed by atoms with Crippen molar-refractivity contribution in [1.29, 1.82) is 0 Å². The Labute approximate surface area is 145 Å². The maximum absolute atomic E-state index is 13.7. The van der Waals surface area contributed by atoms with Gasteiger partial charge in [-0.1, -0.05) is 28.8 Å². The van der Waals surface area contributed by atoms with Gasteiger partial charge in [0, 0.05) is 48.3 Å². The number of nitrogens with zero attached hydrogens (tertiary/aromatic N) is 2. The Morgan fingerprint density at radius 2 is 1.87 bits per heavy atom. The molecule has 3 nitrogen and oxygen atoms in total. The summed E-state index contributed by atoms with van der Waals surface area (Å²) >= 11 is 3.32. The van der Waals surface area contributed by atoms with Gasteiger partial charge in [0.25, 0.3) is 0 Å². The van der Waals surface area contributed by atoms with E-state index in [1.165, 1.54) is 37.8 Å². The van der Waals surface area contributed by atoms with Crippen LogP contribution in [0.5, 0.6) is 0 Å². The van der Waals surface area contributed by atoms with Crippen LogP contribution in [0.2, 0.25) is 0 Å². The smallest absolute Gasteiger partial charge is 0.246 e. The summed E-state index contributed by atoms with van der Waals surface area (Å²) in [6.45, 7) is 3.44. The van der Waals surface area contributed by atoms with Crippen molar-refractivity contribution in [2.24, 2.45) is 0 Å². The minimum absolute atomic E-state index is 0.0320. The Hall–Kier alpha value is -1.20. The van der Waals surface area contributed by atoms with Gasteiger partial charge in [-0.2, -0.15) is 0 Å². The number of carbonyl (C=O) groups is 1. The van der Waals surface area contributed by atoms with Crippen LogP contribution < -0.4 is 0 Å². The fourth-order valence-corrected chi connectivity index (χ4v) is 3.86. The highest BCUT2D eigenvalue weighted by atomic mass is 79.9. The van der Waals surface area contributed by atoms with Gasteiger partial charge in [0.2, 0.25) is 5.91 Å². The Morgan fingerprint density at radius 1 is 1.17 bits per heavy atom. The molecule has 2 fully saturated rings. The molecule has 1 aliphatic carbocycles. The maximum atomic E-state index is 13.7. The quantitative estimate of drug-likeness (QED) is 0.746. The van der Waals surface area contributed by atoms with Gasteiger partial charge in [-0.05, 0) is 37.1 Å². The van der Waals surface area contributed by atoms with Gasteiger partial charge >= 0.3 is 0 Å². The fourth-order valence-electron chi connectivity index (χ4n) is 3.49. The van der Waals surface area contributed by atoms with Crippen molar-refractivity contribution in [3.05, 3.63) is 40.1 Å². The zero-order valence-corrected chi connectivity index (χ0v) is 14.8. The molecule has 0 aromatic heterocycles. The lowest BCUT2D eigenvalue weighted by molar-refractivity contribution is -0.127. The first kappa shape index (κ1) is 16.7. The van der Waals surface area contributed by atoms with Crippen molar-refractivity contribution in [2.75, 3.05) is 26.2 Å². The van der Waals surface area contributed by atoms with E-state index in [0.29, 0.717) is 5.56 Å². The van der Waals surface area contributed by atoms with Crippen molar-refractivity contribution in [3.63, 3.8) is 0 Å². The molecule has 1 aliphatic heterocycles. The second kappa shape index (κ2) is 7.58. The molecule has 1 saturated heterocycles. The predicted molar refractivity (Wildman–Crippen MR) is 93.5 cm³/mol. The largest absolute Gasteiger partial charge is 0.337 e. The zero-order chi connectivity index (χ0) is 16.2. The molecular formula is C18H22BrFN2O. The normalized spacial score (nSPS) is 20.5. The lowest BCUT2D eigenvalue weighted by atomic mass is 10.1. The van der Waals surface area contributed by atoms with E-state index in [1.54, 1.807) is 18.2 Å². The number of rotatable bonds is 3. The van der Waals surface area contributed by atoms with Gasteiger partial charge in [0.15, 0.2) is 0 Å². The van der Waals surface area contributed by atoms with Crippen molar-refractivity contribution < 1.29 is 9.18 Å². The summed E-state index contributed by atoms with van der Waals surface area (Å²) in [6.07, 6.45) is 8.32. The number of benzene rings is 1. The maximum Gasteiger partial charge on any atom is 0.246 e. The Morgan fingerprint density at radius 3 is 2.57 bits per heavy atom. The first-order valence-electron chi connectivity index (χ1n) is 8.29. The van der Waals surface area contributed by atoms with Crippen molar-refractivity contribution in [3.8, 4) is 0 Å². The van der Waals surface area contributed by atoms with Crippen LogP contribution in [0, 0.1) is 5.82 Å². The second-order valence-corrected chi connectivity index (χ2v) is 7.21. The standard InChI is InChI=1S/C18H22BrFN2O/c19-15-6-7-17(20)14(13-15)5-8-18(23)22-11-9-21(10-12-22)16-3-1-2-4-16/h5-8,13,16H,1-4,9-12H2/b8-5+. The summed E-state index contributed by atoms with van der Waals surface area (Å²) in [7, 11) is 0. The van der Waals surface area contributed by atoms with Crippen LogP contribution in [0.3, 0.4) is 0 Å². The monoisotopic (exact) mass is 380 g/mol. The minimum atomic E-state index is -0.316. The van der Waals surface area contributed by atoms with E-state index in [2.05, 4.69) is 20.8 Å². The van der Waals surface area contributed by atoms with E-state index in [1.807, 2.05) is 4.90 Å². The molecule has 1 aromatic carbocycles. The van der Waals surface area contributed by atoms with Crippen LogP contribution in [0.15, 0.2) is 28.7 Å². The minimum Gasteiger partial charge on any atom is -0.337 e. The Bertz CT molecular complexity index is 591. The third-order valence-corrected chi connectivity index (χ3v) is 5.32. The molecule has 2 aliphatic rings. The van der Waals surface area contributed by atoms with Gasteiger partial charge in [-0.3, -0.25) is 9.69 Å². The molecule has 0 radical (unpaired) electrons. The van der Waals surface area contributed by atoms with E-state index in [9.17, 15) is 9.18 Å². The number of carbonyl (C=O) groups excluding carboxylic acids is 1. The van der Waals surface area contributed by atoms with Crippen LogP contribution in [0.1, 0.15) is 31.2 Å². The van der Waals surface area contributed by atoms with Gasteiger partial charge in [-0.25, -0.2) is 4.39 Å². The van der Waals surface area contributed by atoms with Gasteiger partial charge in [0.05, 0.1) is 0 Å². The SMILES string of the molecule is O=C(/C=C/c1cc(Br)ccc1F)N1CCN(C2CCCC2)CC1. The van der Waals surface area contributed by atoms with E-state index in [0.717, 1.165) is 36.7 Å². The molecule has 0 unspecified atom stereocenters. The summed E-state index contributed by atoms with van der Waals surface area (Å²) in [5.74, 6) is -0.348. The molecule has 1 saturated carbocycles. The van der Waals surface area contributed by atoms with Crippen molar-refractivity contribution in [1.82, 2.24) is 9.80 Å². The summed E-state index contributed by atoms with van der Waals surface area (Å²) in [6, 6.07) is 5.45. The lowest BCUT2D eigenvalue weighted by Crippen LogP contribution is -2.51.